The van der Waals surface area contributed by atoms with Gasteiger partial charge in [-0.1, -0.05) is 0 Å². The lowest BCUT2D eigenvalue weighted by Crippen LogP contribution is -2.17. The number of nitrogens with one attached hydrogen (secondary N) is 2. The number of aromatic nitrogens is 4. The molecule has 3 aromatic rings. The largest absolute Gasteiger partial charge is 0.486 e. The number of esters is 1. The van der Waals surface area contributed by atoms with E-state index in [2.05, 4.69) is 20.4 Å². The number of ether oxygens (including phenoxy) is 3. The predicted molar refractivity (Wildman–Crippen MR) is 81.0 cm³/mol. The summed E-state index contributed by atoms with van der Waals surface area (Å²) in [6, 6.07) is 3.69. The normalized spacial score (nSPS) is 13.4. The van der Waals surface area contributed by atoms with Gasteiger partial charge in [-0.2, -0.15) is 4.98 Å². The van der Waals surface area contributed by atoms with Crippen molar-refractivity contribution in [2.45, 2.75) is 6.92 Å². The molecule has 9 nitrogen and oxygen atoms in total. The molecule has 0 radical (unpaired) electrons. The van der Waals surface area contributed by atoms with Crippen LogP contribution in [0.3, 0.4) is 0 Å². The fourth-order valence-corrected chi connectivity index (χ4v) is 2.46. The Bertz CT molecular complexity index is 884. The van der Waals surface area contributed by atoms with Crippen LogP contribution in [0.5, 0.6) is 11.5 Å². The summed E-state index contributed by atoms with van der Waals surface area (Å²) in [6.45, 7) is 3.20. The van der Waals surface area contributed by atoms with Crippen LogP contribution in [0.4, 0.5) is 5.95 Å². The molecule has 0 amide bonds. The minimum Gasteiger partial charge on any atom is -0.486 e. The minimum absolute atomic E-state index is 0.0365. The highest BCUT2D eigenvalue weighted by atomic mass is 16.6. The summed E-state index contributed by atoms with van der Waals surface area (Å²) >= 11 is 0. The molecule has 0 atom stereocenters. The van der Waals surface area contributed by atoms with Gasteiger partial charge in [-0.25, -0.2) is 9.50 Å². The molecule has 0 saturated heterocycles. The third kappa shape index (κ3) is 2.39. The maximum Gasteiger partial charge on any atom is 0.325 e. The predicted octanol–water partition coefficient (Wildman–Crippen LogP) is 0.957. The summed E-state index contributed by atoms with van der Waals surface area (Å²) in [4.78, 5) is 20.1. The van der Waals surface area contributed by atoms with E-state index in [4.69, 9.17) is 14.2 Å². The lowest BCUT2D eigenvalue weighted by Gasteiger charge is -2.17. The van der Waals surface area contributed by atoms with E-state index in [1.807, 2.05) is 12.1 Å². The van der Waals surface area contributed by atoms with Crippen molar-refractivity contribution in [3.63, 3.8) is 0 Å². The Balaban J connectivity index is 1.65. The molecule has 120 valence electrons. The summed E-state index contributed by atoms with van der Waals surface area (Å²) in [5.74, 6) is 1.96. The van der Waals surface area contributed by atoms with Crippen molar-refractivity contribution in [3.05, 3.63) is 12.1 Å². The van der Waals surface area contributed by atoms with Gasteiger partial charge in [0.15, 0.2) is 11.5 Å². The Labute approximate surface area is 130 Å². The monoisotopic (exact) mass is 317 g/mol. The molecule has 0 saturated carbocycles. The number of hydrogen-bond acceptors (Lipinski definition) is 7. The first-order valence-electron chi connectivity index (χ1n) is 7.32. The van der Waals surface area contributed by atoms with Crippen LogP contribution in [0.2, 0.25) is 0 Å². The van der Waals surface area contributed by atoms with Gasteiger partial charge in [0.25, 0.3) is 5.78 Å². The molecule has 23 heavy (non-hydrogen) atoms. The molecule has 3 heterocycles. The van der Waals surface area contributed by atoms with Crippen LogP contribution in [0.15, 0.2) is 12.1 Å². The summed E-state index contributed by atoms with van der Waals surface area (Å²) < 4.78 is 17.7. The molecule has 1 aromatic carbocycles. The average molecular weight is 317 g/mol. The highest BCUT2D eigenvalue weighted by Crippen LogP contribution is 2.34. The molecule has 0 bridgehead atoms. The number of rotatable bonds is 4. The maximum atomic E-state index is 11.4. The third-order valence-corrected chi connectivity index (χ3v) is 3.44. The molecule has 1 aliphatic rings. The van der Waals surface area contributed by atoms with Crippen LogP contribution in [-0.2, 0) is 9.53 Å². The van der Waals surface area contributed by atoms with Gasteiger partial charge in [0.05, 0.1) is 17.6 Å². The number of carbonyl (C=O) groups is 1. The van der Waals surface area contributed by atoms with Gasteiger partial charge in [-0.3, -0.25) is 9.89 Å². The van der Waals surface area contributed by atoms with Gasteiger partial charge in [0.2, 0.25) is 5.95 Å². The van der Waals surface area contributed by atoms with Gasteiger partial charge in [-0.15, -0.1) is 0 Å². The molecule has 0 fully saturated rings. The molecule has 2 aromatic heterocycles. The van der Waals surface area contributed by atoms with E-state index >= 15 is 0 Å². The zero-order valence-corrected chi connectivity index (χ0v) is 12.5. The zero-order valence-electron chi connectivity index (χ0n) is 12.5. The van der Waals surface area contributed by atoms with Gasteiger partial charge in [-0.05, 0) is 6.92 Å². The smallest absolute Gasteiger partial charge is 0.325 e. The molecule has 1 aliphatic heterocycles. The Hall–Kier alpha value is -2.97. The quantitative estimate of drug-likeness (QED) is 0.691. The van der Waals surface area contributed by atoms with Gasteiger partial charge in [0, 0.05) is 12.1 Å². The summed E-state index contributed by atoms with van der Waals surface area (Å²) in [5, 5.41) is 5.92. The van der Waals surface area contributed by atoms with E-state index in [-0.39, 0.29) is 12.5 Å². The van der Waals surface area contributed by atoms with E-state index in [9.17, 15) is 4.79 Å². The van der Waals surface area contributed by atoms with E-state index < -0.39 is 0 Å². The second-order valence-corrected chi connectivity index (χ2v) is 4.96. The van der Waals surface area contributed by atoms with Crippen LogP contribution in [0.1, 0.15) is 6.92 Å². The topological polar surface area (TPSA) is 103 Å². The Morgan fingerprint density at radius 2 is 2.13 bits per heavy atom. The summed E-state index contributed by atoms with van der Waals surface area (Å²) in [6.07, 6.45) is 0. The molecule has 4 rings (SSSR count). The second kappa shape index (κ2) is 5.34. The van der Waals surface area contributed by atoms with Crippen molar-refractivity contribution in [2.75, 3.05) is 31.7 Å². The standard InChI is InChI=1S/C14H15N5O4/c1-2-21-12(20)7-15-13-17-14-16-8-5-10-11(23-4-3-22-10)6-9(8)19(14)18-13/h5-6H,2-4,7H2,1H3,(H2,15,16,17,18). The Morgan fingerprint density at radius 1 is 1.35 bits per heavy atom. The van der Waals surface area contributed by atoms with Crippen molar-refractivity contribution in [1.29, 1.82) is 0 Å². The fraction of sp³-hybridized carbons (Fsp3) is 0.357. The summed E-state index contributed by atoms with van der Waals surface area (Å²) in [7, 11) is 0. The lowest BCUT2D eigenvalue weighted by atomic mass is 10.2. The number of benzene rings is 1. The van der Waals surface area contributed by atoms with Crippen LogP contribution >= 0.6 is 0 Å². The highest BCUT2D eigenvalue weighted by molar-refractivity contribution is 5.83. The highest BCUT2D eigenvalue weighted by Gasteiger charge is 2.17. The van der Waals surface area contributed by atoms with E-state index in [1.165, 1.54) is 0 Å². The molecule has 2 N–H and O–H groups in total. The van der Waals surface area contributed by atoms with E-state index in [1.54, 1.807) is 11.4 Å². The van der Waals surface area contributed by atoms with Crippen LogP contribution in [0.25, 0.3) is 16.8 Å². The molecule has 0 aliphatic carbocycles. The molecular formula is C14H15N5O4. The second-order valence-electron chi connectivity index (χ2n) is 4.96. The number of nitrogens with zero attached hydrogens (tertiary/aromatic N) is 3. The molecule has 0 unspecified atom stereocenters. The summed E-state index contributed by atoms with van der Waals surface area (Å²) in [5.41, 5.74) is 1.57. The fourth-order valence-electron chi connectivity index (χ4n) is 2.46. The van der Waals surface area contributed by atoms with E-state index in [0.29, 0.717) is 43.0 Å². The first-order chi connectivity index (χ1) is 11.2. The maximum absolute atomic E-state index is 11.4. The minimum atomic E-state index is -0.342. The van der Waals surface area contributed by atoms with Crippen molar-refractivity contribution in [3.8, 4) is 11.5 Å². The SMILES string of the molecule is CCOC(=O)CNc1nc2nc3cc4c(cc3n2[nH]1)OCCO4. The van der Waals surface area contributed by atoms with Gasteiger partial charge < -0.3 is 19.5 Å². The number of anilines is 1. The zero-order chi connectivity index (χ0) is 15.8. The number of hydrogen-bond donors (Lipinski definition) is 2. The number of H-pyrrole nitrogens is 1. The van der Waals surface area contributed by atoms with Crippen LogP contribution in [-0.4, -0.2) is 51.9 Å². The number of fused-ring (bicyclic) bond motifs is 4. The van der Waals surface area contributed by atoms with Crippen molar-refractivity contribution in [1.82, 2.24) is 19.6 Å². The lowest BCUT2D eigenvalue weighted by molar-refractivity contribution is -0.140. The molecule has 9 heteroatoms. The Morgan fingerprint density at radius 3 is 2.91 bits per heavy atom. The molecular weight excluding hydrogens is 302 g/mol. The third-order valence-electron chi connectivity index (χ3n) is 3.44. The number of aromatic amines is 1. The van der Waals surface area contributed by atoms with Crippen LogP contribution < -0.4 is 14.8 Å². The van der Waals surface area contributed by atoms with E-state index in [0.717, 1.165) is 11.0 Å². The molecule has 0 spiro atoms. The number of imidazole rings is 1. The first-order valence-corrected chi connectivity index (χ1v) is 7.32. The van der Waals surface area contributed by atoms with Crippen molar-refractivity contribution in [2.24, 2.45) is 0 Å². The van der Waals surface area contributed by atoms with Crippen LogP contribution in [0, 0.1) is 0 Å². The van der Waals surface area contributed by atoms with Crippen molar-refractivity contribution >= 4 is 28.7 Å². The van der Waals surface area contributed by atoms with Gasteiger partial charge in [0.1, 0.15) is 19.8 Å². The Kier molecular flexibility index (Phi) is 3.18. The first kappa shape index (κ1) is 13.7. The van der Waals surface area contributed by atoms with Crippen molar-refractivity contribution < 1.29 is 19.0 Å². The van der Waals surface area contributed by atoms with Gasteiger partial charge >= 0.3 is 5.97 Å². The average Bonchev–Trinajstić information content (AvgIpc) is 3.08. The number of carbonyl (C=O) groups excluding carboxylic acids is 1.